The van der Waals surface area contributed by atoms with Crippen molar-refractivity contribution >= 4 is 5.69 Å². The summed E-state index contributed by atoms with van der Waals surface area (Å²) in [5.74, 6) is 1.81. The van der Waals surface area contributed by atoms with Crippen molar-refractivity contribution in [3.05, 3.63) is 70.4 Å². The molecule has 0 fully saturated rings. The third-order valence-electron chi connectivity index (χ3n) is 7.52. The lowest BCUT2D eigenvalue weighted by atomic mass is 9.74. The van der Waals surface area contributed by atoms with Crippen LogP contribution in [-0.2, 0) is 24.8 Å². The van der Waals surface area contributed by atoms with Crippen LogP contribution in [0.1, 0.15) is 74.4 Å². The van der Waals surface area contributed by atoms with Gasteiger partial charge in [-0.15, -0.1) is 0 Å². The summed E-state index contributed by atoms with van der Waals surface area (Å²) in [4.78, 5) is 5.34. The summed E-state index contributed by atoms with van der Waals surface area (Å²) in [6.07, 6.45) is 7.17. The van der Waals surface area contributed by atoms with Crippen molar-refractivity contribution in [1.82, 2.24) is 4.98 Å². The third kappa shape index (κ3) is 4.76. The number of pyridine rings is 1. The number of rotatable bonds is 9. The molecule has 0 radical (unpaired) electrons. The Kier molecular flexibility index (Phi) is 7.69. The topological polar surface area (TPSA) is 43.4 Å². The highest BCUT2D eigenvalue weighted by Gasteiger charge is 2.40. The zero-order chi connectivity index (χ0) is 25.0. The molecule has 0 aliphatic heterocycles. The van der Waals surface area contributed by atoms with Gasteiger partial charge in [-0.3, -0.25) is 4.98 Å². The van der Waals surface area contributed by atoms with Crippen LogP contribution in [0.3, 0.4) is 0 Å². The summed E-state index contributed by atoms with van der Waals surface area (Å²) in [7, 11) is 3.52. The molecular formula is C31H40N2O2. The fraction of sp³-hybridized carbons (Fsp3) is 0.452. The summed E-state index contributed by atoms with van der Waals surface area (Å²) in [6, 6.07) is 15.1. The van der Waals surface area contributed by atoms with Crippen LogP contribution >= 0.6 is 0 Å². The van der Waals surface area contributed by atoms with Crippen molar-refractivity contribution in [2.24, 2.45) is 0 Å². The van der Waals surface area contributed by atoms with E-state index in [2.05, 4.69) is 69.4 Å². The number of ether oxygens (including phenoxy) is 2. The van der Waals surface area contributed by atoms with Gasteiger partial charge in [-0.05, 0) is 68.2 Å². The lowest BCUT2D eigenvalue weighted by Crippen LogP contribution is -2.40. The maximum atomic E-state index is 6.13. The van der Waals surface area contributed by atoms with Crippen molar-refractivity contribution in [3.63, 3.8) is 0 Å². The minimum atomic E-state index is -0.228. The second kappa shape index (κ2) is 10.7. The first-order valence-electron chi connectivity index (χ1n) is 13.1. The van der Waals surface area contributed by atoms with Gasteiger partial charge in [-0.2, -0.15) is 0 Å². The lowest BCUT2D eigenvalue weighted by molar-refractivity contribution is 0.338. The normalized spacial score (nSPS) is 17.1. The van der Waals surface area contributed by atoms with Crippen LogP contribution in [0.2, 0.25) is 0 Å². The molecule has 0 amide bonds. The average molecular weight is 473 g/mol. The summed E-state index contributed by atoms with van der Waals surface area (Å²) in [5.41, 5.74) is 9.50. The van der Waals surface area contributed by atoms with Crippen LogP contribution in [0.4, 0.5) is 5.69 Å². The third-order valence-corrected chi connectivity index (χ3v) is 7.52. The predicted octanol–water partition coefficient (Wildman–Crippen LogP) is 7.64. The van der Waals surface area contributed by atoms with Crippen LogP contribution in [0.5, 0.6) is 11.5 Å². The molecule has 1 heterocycles. The number of hydrogen-bond acceptors (Lipinski definition) is 4. The molecule has 4 heteroatoms. The van der Waals surface area contributed by atoms with Crippen LogP contribution in [0, 0.1) is 6.92 Å². The number of aryl methyl sites for hydroxylation is 4. The van der Waals surface area contributed by atoms with Gasteiger partial charge in [0.25, 0.3) is 0 Å². The van der Waals surface area contributed by atoms with Gasteiger partial charge in [-0.25, -0.2) is 0 Å². The Labute approximate surface area is 211 Å². The molecule has 35 heavy (non-hydrogen) atoms. The van der Waals surface area contributed by atoms with Gasteiger partial charge >= 0.3 is 0 Å². The quantitative estimate of drug-likeness (QED) is 0.347. The minimum Gasteiger partial charge on any atom is -0.497 e. The van der Waals surface area contributed by atoms with Crippen LogP contribution < -0.4 is 14.8 Å². The number of benzene rings is 2. The van der Waals surface area contributed by atoms with Crippen LogP contribution in [-0.4, -0.2) is 19.2 Å². The van der Waals surface area contributed by atoms with Crippen molar-refractivity contribution in [3.8, 4) is 22.8 Å². The highest BCUT2D eigenvalue weighted by Crippen LogP contribution is 2.47. The molecule has 0 spiro atoms. The van der Waals surface area contributed by atoms with Gasteiger partial charge in [0.15, 0.2) is 0 Å². The highest BCUT2D eigenvalue weighted by molar-refractivity contribution is 5.71. The Morgan fingerprint density at radius 3 is 2.34 bits per heavy atom. The van der Waals surface area contributed by atoms with Gasteiger partial charge in [0, 0.05) is 28.9 Å². The van der Waals surface area contributed by atoms with E-state index in [0.717, 1.165) is 67.8 Å². The molecule has 2 aromatic carbocycles. The maximum Gasteiger partial charge on any atom is 0.128 e. The SMILES string of the molecule is CCCC1(Nc2cc(OC)ccc2C)CCCc2nc(-c3c(CC)cccc3CC)cc(OC)c21. The van der Waals surface area contributed by atoms with Gasteiger partial charge in [-0.1, -0.05) is 51.5 Å². The molecule has 0 saturated carbocycles. The first kappa shape index (κ1) is 25.1. The summed E-state index contributed by atoms with van der Waals surface area (Å²) < 4.78 is 11.7. The molecule has 3 aromatic rings. The molecule has 1 unspecified atom stereocenters. The lowest BCUT2D eigenvalue weighted by Gasteiger charge is -2.42. The van der Waals surface area contributed by atoms with Crippen LogP contribution in [0.25, 0.3) is 11.3 Å². The molecule has 1 atom stereocenters. The van der Waals surface area contributed by atoms with E-state index in [4.69, 9.17) is 14.5 Å². The largest absolute Gasteiger partial charge is 0.497 e. The zero-order valence-electron chi connectivity index (χ0n) is 22.3. The first-order valence-corrected chi connectivity index (χ1v) is 13.1. The zero-order valence-corrected chi connectivity index (χ0v) is 22.3. The Morgan fingerprint density at radius 1 is 0.971 bits per heavy atom. The number of nitrogens with one attached hydrogen (secondary N) is 1. The number of fused-ring (bicyclic) bond motifs is 1. The smallest absolute Gasteiger partial charge is 0.128 e. The van der Waals surface area contributed by atoms with E-state index in [1.807, 2.05) is 6.07 Å². The van der Waals surface area contributed by atoms with E-state index in [1.165, 1.54) is 33.5 Å². The van der Waals surface area contributed by atoms with E-state index in [-0.39, 0.29) is 5.54 Å². The Morgan fingerprint density at radius 2 is 1.71 bits per heavy atom. The van der Waals surface area contributed by atoms with E-state index < -0.39 is 0 Å². The number of aromatic nitrogens is 1. The van der Waals surface area contributed by atoms with Gasteiger partial charge in [0.2, 0.25) is 0 Å². The first-order chi connectivity index (χ1) is 17.0. The molecule has 0 bridgehead atoms. The second-order valence-electron chi connectivity index (χ2n) is 9.68. The molecule has 1 aliphatic rings. The maximum absolute atomic E-state index is 6.13. The van der Waals surface area contributed by atoms with E-state index >= 15 is 0 Å². The second-order valence-corrected chi connectivity index (χ2v) is 9.68. The number of nitrogens with zero attached hydrogens (tertiary/aromatic N) is 1. The summed E-state index contributed by atoms with van der Waals surface area (Å²) in [5, 5.41) is 3.97. The molecule has 1 N–H and O–H groups in total. The number of anilines is 1. The van der Waals surface area contributed by atoms with E-state index in [1.54, 1.807) is 14.2 Å². The van der Waals surface area contributed by atoms with E-state index in [0.29, 0.717) is 0 Å². The average Bonchev–Trinajstić information content (AvgIpc) is 2.89. The standard InChI is InChI=1S/C31H40N2O2/c1-7-17-31(33-26-19-24(34-5)16-15-21(26)4)18-11-14-25-30(31)28(35-6)20-27(32-25)29-22(8-2)12-10-13-23(29)9-3/h10,12-13,15-16,19-20,33H,7-9,11,14,17-18H2,1-6H3. The van der Waals surface area contributed by atoms with Crippen molar-refractivity contribution in [1.29, 1.82) is 0 Å². The van der Waals surface area contributed by atoms with Crippen molar-refractivity contribution in [2.45, 2.75) is 78.2 Å². The monoisotopic (exact) mass is 472 g/mol. The Balaban J connectivity index is 1.90. The molecular weight excluding hydrogens is 432 g/mol. The van der Waals surface area contributed by atoms with Gasteiger partial charge in [0.05, 0.1) is 31.1 Å². The fourth-order valence-electron chi connectivity index (χ4n) is 5.79. The molecule has 186 valence electrons. The molecule has 1 aliphatic carbocycles. The van der Waals surface area contributed by atoms with Crippen molar-refractivity contribution in [2.75, 3.05) is 19.5 Å². The molecule has 0 saturated heterocycles. The van der Waals surface area contributed by atoms with Gasteiger partial charge < -0.3 is 14.8 Å². The van der Waals surface area contributed by atoms with Crippen LogP contribution in [0.15, 0.2) is 42.5 Å². The number of methoxy groups -OCH3 is 2. The number of hydrogen-bond donors (Lipinski definition) is 1. The fourth-order valence-corrected chi connectivity index (χ4v) is 5.79. The minimum absolute atomic E-state index is 0.228. The highest BCUT2D eigenvalue weighted by atomic mass is 16.5. The summed E-state index contributed by atoms with van der Waals surface area (Å²) >= 11 is 0. The molecule has 1 aromatic heterocycles. The Bertz CT molecular complexity index is 1150. The predicted molar refractivity (Wildman–Crippen MR) is 146 cm³/mol. The molecule has 4 rings (SSSR count). The van der Waals surface area contributed by atoms with Crippen molar-refractivity contribution < 1.29 is 9.47 Å². The summed E-state index contributed by atoms with van der Waals surface area (Å²) in [6.45, 7) is 8.86. The molecule has 4 nitrogen and oxygen atoms in total. The Hall–Kier alpha value is -3.01. The van der Waals surface area contributed by atoms with E-state index in [9.17, 15) is 0 Å². The van der Waals surface area contributed by atoms with Gasteiger partial charge in [0.1, 0.15) is 11.5 Å².